The molecule has 2 N–H and O–H groups in total. The first-order valence-corrected chi connectivity index (χ1v) is 7.01. The van der Waals surface area contributed by atoms with Crippen molar-refractivity contribution in [3.63, 3.8) is 0 Å². The van der Waals surface area contributed by atoms with E-state index in [4.69, 9.17) is 9.84 Å². The van der Waals surface area contributed by atoms with Crippen LogP contribution in [0.25, 0.3) is 11.3 Å². The van der Waals surface area contributed by atoms with Gasteiger partial charge in [0.15, 0.2) is 0 Å². The van der Waals surface area contributed by atoms with Crippen molar-refractivity contribution >= 4 is 21.9 Å². The van der Waals surface area contributed by atoms with Crippen molar-refractivity contribution in [1.82, 2.24) is 9.97 Å². The molecule has 104 valence electrons. The molecule has 0 amide bonds. The number of halogens is 1. The summed E-state index contributed by atoms with van der Waals surface area (Å²) >= 11 is 3.44. The zero-order valence-corrected chi connectivity index (χ0v) is 12.3. The molecule has 0 bridgehead atoms. The molecule has 1 aromatic carbocycles. The molecule has 2 atom stereocenters. The van der Waals surface area contributed by atoms with E-state index in [1.54, 1.807) is 13.3 Å². The second-order valence-corrected chi connectivity index (χ2v) is 5.67. The van der Waals surface area contributed by atoms with Crippen LogP contribution in [0.3, 0.4) is 0 Å². The molecule has 0 aliphatic heterocycles. The normalized spacial score (nSPS) is 20.7. The Morgan fingerprint density at radius 2 is 2.35 bits per heavy atom. The molecular formula is C14H13BrN2O3. The van der Waals surface area contributed by atoms with Crippen LogP contribution in [0.1, 0.15) is 18.2 Å². The summed E-state index contributed by atoms with van der Waals surface area (Å²) in [4.78, 5) is 18.4. The molecule has 3 rings (SSSR count). The number of carboxylic acids is 1. The summed E-state index contributed by atoms with van der Waals surface area (Å²) in [5.41, 5.74) is 1.85. The number of benzene rings is 1. The van der Waals surface area contributed by atoms with E-state index in [2.05, 4.69) is 25.9 Å². The number of ether oxygens (including phenoxy) is 1. The van der Waals surface area contributed by atoms with Crippen LogP contribution in [0.2, 0.25) is 0 Å². The van der Waals surface area contributed by atoms with Gasteiger partial charge in [0, 0.05) is 11.5 Å². The van der Waals surface area contributed by atoms with Crippen LogP contribution in [0.5, 0.6) is 5.75 Å². The van der Waals surface area contributed by atoms with Crippen LogP contribution in [-0.4, -0.2) is 28.2 Å². The number of carboxylic acid groups (broad SMARTS) is 1. The van der Waals surface area contributed by atoms with Crippen molar-refractivity contribution in [2.75, 3.05) is 7.11 Å². The van der Waals surface area contributed by atoms with Crippen LogP contribution in [-0.2, 0) is 4.79 Å². The lowest BCUT2D eigenvalue weighted by Gasteiger charge is -2.04. The molecule has 20 heavy (non-hydrogen) atoms. The topological polar surface area (TPSA) is 75.2 Å². The number of nitrogens with one attached hydrogen (secondary N) is 1. The van der Waals surface area contributed by atoms with Crippen LogP contribution >= 0.6 is 15.9 Å². The maximum atomic E-state index is 10.9. The highest BCUT2D eigenvalue weighted by atomic mass is 79.9. The Labute approximate surface area is 124 Å². The molecule has 1 fully saturated rings. The van der Waals surface area contributed by atoms with Gasteiger partial charge in [-0.3, -0.25) is 4.79 Å². The average molecular weight is 337 g/mol. The van der Waals surface area contributed by atoms with E-state index in [1.807, 2.05) is 18.2 Å². The molecule has 1 aromatic heterocycles. The predicted octanol–water partition coefficient (Wildman–Crippen LogP) is 3.04. The summed E-state index contributed by atoms with van der Waals surface area (Å²) in [6.07, 6.45) is 2.40. The Balaban J connectivity index is 1.84. The predicted molar refractivity (Wildman–Crippen MR) is 76.8 cm³/mol. The molecule has 1 saturated carbocycles. The second-order valence-electron chi connectivity index (χ2n) is 4.82. The van der Waals surface area contributed by atoms with Gasteiger partial charge in [-0.1, -0.05) is 0 Å². The fraction of sp³-hybridized carbons (Fsp3) is 0.286. The smallest absolute Gasteiger partial charge is 0.307 e. The molecule has 1 aliphatic rings. The van der Waals surface area contributed by atoms with Crippen molar-refractivity contribution < 1.29 is 14.6 Å². The molecular weight excluding hydrogens is 324 g/mol. The summed E-state index contributed by atoms with van der Waals surface area (Å²) in [7, 11) is 1.62. The van der Waals surface area contributed by atoms with Gasteiger partial charge in [-0.05, 0) is 40.5 Å². The third-order valence-corrected chi connectivity index (χ3v) is 4.14. The van der Waals surface area contributed by atoms with Crippen LogP contribution in [0.15, 0.2) is 28.9 Å². The Bertz CT molecular complexity index is 668. The van der Waals surface area contributed by atoms with E-state index in [9.17, 15) is 4.79 Å². The van der Waals surface area contributed by atoms with Crippen molar-refractivity contribution in [1.29, 1.82) is 0 Å². The van der Waals surface area contributed by atoms with E-state index in [-0.39, 0.29) is 11.8 Å². The lowest BCUT2D eigenvalue weighted by atomic mass is 10.1. The first kappa shape index (κ1) is 13.2. The number of aromatic nitrogens is 2. The molecule has 1 heterocycles. The van der Waals surface area contributed by atoms with Crippen molar-refractivity contribution in [2.45, 2.75) is 12.3 Å². The SMILES string of the molecule is COc1ccc(-c2cnc(C3CC3C(=O)O)[nH]2)cc1Br. The van der Waals surface area contributed by atoms with Gasteiger partial charge < -0.3 is 14.8 Å². The van der Waals surface area contributed by atoms with Crippen molar-refractivity contribution in [3.8, 4) is 17.0 Å². The summed E-state index contributed by atoms with van der Waals surface area (Å²) in [5, 5.41) is 8.94. The number of methoxy groups -OCH3 is 1. The van der Waals surface area contributed by atoms with Gasteiger partial charge in [0.05, 0.1) is 29.4 Å². The second kappa shape index (κ2) is 4.94. The lowest BCUT2D eigenvalue weighted by molar-refractivity contribution is -0.138. The van der Waals surface area contributed by atoms with E-state index >= 15 is 0 Å². The fourth-order valence-electron chi connectivity index (χ4n) is 2.28. The Hall–Kier alpha value is -1.82. The number of hydrogen-bond acceptors (Lipinski definition) is 3. The minimum absolute atomic E-state index is 0.0166. The molecule has 0 saturated heterocycles. The largest absolute Gasteiger partial charge is 0.496 e. The standard InChI is InChI=1S/C14H13BrN2O3/c1-20-12-3-2-7(4-10(12)15)11-6-16-13(17-11)8-5-9(8)14(18)19/h2-4,6,8-9H,5H2,1H3,(H,16,17)(H,18,19). The number of imidazole rings is 1. The maximum Gasteiger partial charge on any atom is 0.307 e. The number of carbonyl (C=O) groups is 1. The molecule has 6 heteroatoms. The first-order chi connectivity index (χ1) is 9.60. The van der Waals surface area contributed by atoms with Crippen molar-refractivity contribution in [2.24, 2.45) is 5.92 Å². The molecule has 0 radical (unpaired) electrons. The average Bonchev–Trinajstić information content (AvgIpc) is 3.09. The van der Waals surface area contributed by atoms with Crippen LogP contribution < -0.4 is 4.74 Å². The third kappa shape index (κ3) is 2.31. The van der Waals surface area contributed by atoms with Gasteiger partial charge in [0.25, 0.3) is 0 Å². The number of aliphatic carboxylic acids is 1. The summed E-state index contributed by atoms with van der Waals surface area (Å²) in [6, 6.07) is 5.75. The third-order valence-electron chi connectivity index (χ3n) is 3.52. The highest BCUT2D eigenvalue weighted by Gasteiger charge is 2.46. The summed E-state index contributed by atoms with van der Waals surface area (Å²) in [6.45, 7) is 0. The first-order valence-electron chi connectivity index (χ1n) is 6.21. The van der Waals surface area contributed by atoms with Gasteiger partial charge in [-0.2, -0.15) is 0 Å². The van der Waals surface area contributed by atoms with Gasteiger partial charge in [0.1, 0.15) is 11.6 Å². The fourth-order valence-corrected chi connectivity index (χ4v) is 2.82. The summed E-state index contributed by atoms with van der Waals surface area (Å²) < 4.78 is 6.06. The molecule has 1 aliphatic carbocycles. The Morgan fingerprint density at radius 1 is 1.55 bits per heavy atom. The van der Waals surface area contributed by atoms with E-state index < -0.39 is 5.97 Å². The quantitative estimate of drug-likeness (QED) is 0.899. The Morgan fingerprint density at radius 3 is 2.95 bits per heavy atom. The minimum atomic E-state index is -0.750. The van der Waals surface area contributed by atoms with Crippen LogP contribution in [0.4, 0.5) is 0 Å². The number of nitrogens with zero attached hydrogens (tertiary/aromatic N) is 1. The van der Waals surface area contributed by atoms with E-state index in [0.29, 0.717) is 6.42 Å². The molecule has 2 unspecified atom stereocenters. The van der Waals surface area contributed by atoms with Crippen molar-refractivity contribution in [3.05, 3.63) is 34.7 Å². The number of hydrogen-bond donors (Lipinski definition) is 2. The number of aromatic amines is 1. The molecule has 0 spiro atoms. The summed E-state index contributed by atoms with van der Waals surface area (Å²) in [5.74, 6) is 0.487. The van der Waals surface area contributed by atoms with Gasteiger partial charge in [0.2, 0.25) is 0 Å². The monoisotopic (exact) mass is 336 g/mol. The number of H-pyrrole nitrogens is 1. The zero-order valence-electron chi connectivity index (χ0n) is 10.8. The Kier molecular flexibility index (Phi) is 3.25. The molecule has 5 nitrogen and oxygen atoms in total. The van der Waals surface area contributed by atoms with Gasteiger partial charge in [-0.25, -0.2) is 4.98 Å². The van der Waals surface area contributed by atoms with Crippen LogP contribution in [0, 0.1) is 5.92 Å². The maximum absolute atomic E-state index is 10.9. The highest BCUT2D eigenvalue weighted by molar-refractivity contribution is 9.10. The van der Waals surface area contributed by atoms with Gasteiger partial charge in [-0.15, -0.1) is 0 Å². The number of rotatable bonds is 4. The van der Waals surface area contributed by atoms with E-state index in [1.165, 1.54) is 0 Å². The van der Waals surface area contributed by atoms with Gasteiger partial charge >= 0.3 is 5.97 Å². The van der Waals surface area contributed by atoms with E-state index in [0.717, 1.165) is 27.3 Å². The highest BCUT2D eigenvalue weighted by Crippen LogP contribution is 2.46. The molecule has 2 aromatic rings. The zero-order chi connectivity index (χ0) is 14.3. The lowest BCUT2D eigenvalue weighted by Crippen LogP contribution is -1.99. The minimum Gasteiger partial charge on any atom is -0.496 e.